The van der Waals surface area contributed by atoms with Crippen LogP contribution in [0.3, 0.4) is 0 Å². The number of likely N-dealkylation sites (tertiary alicyclic amines) is 1. The highest BCUT2D eigenvalue weighted by atomic mass is 35.5. The number of amides is 1. The van der Waals surface area contributed by atoms with Crippen LogP contribution in [0.15, 0.2) is 0 Å². The minimum atomic E-state index is -0.488. The molecular weight excluding hydrogens is 306 g/mol. The van der Waals surface area contributed by atoms with E-state index in [0.29, 0.717) is 29.9 Å². The third kappa shape index (κ3) is 4.69. The van der Waals surface area contributed by atoms with Gasteiger partial charge in [-0.1, -0.05) is 11.6 Å². The molecule has 0 spiro atoms. The fourth-order valence-electron chi connectivity index (χ4n) is 2.22. The fourth-order valence-corrected chi connectivity index (χ4v) is 2.30. The van der Waals surface area contributed by atoms with Crippen LogP contribution in [0, 0.1) is 6.92 Å². The van der Waals surface area contributed by atoms with Crippen molar-refractivity contribution in [3.8, 4) is 0 Å². The normalized spacial score (nSPS) is 19.0. The van der Waals surface area contributed by atoms with Gasteiger partial charge in [0.15, 0.2) is 5.15 Å². The fraction of sp³-hybridized carbons (Fsp3) is 0.714. The zero-order valence-corrected chi connectivity index (χ0v) is 14.1. The van der Waals surface area contributed by atoms with Gasteiger partial charge in [0.2, 0.25) is 5.95 Å². The topological polar surface area (TPSA) is 80.2 Å². The summed E-state index contributed by atoms with van der Waals surface area (Å²) < 4.78 is 5.41. The quantitative estimate of drug-likeness (QED) is 0.899. The van der Waals surface area contributed by atoms with Crippen LogP contribution < -0.4 is 5.32 Å². The molecule has 1 aliphatic heterocycles. The molecule has 0 saturated carbocycles. The van der Waals surface area contributed by atoms with E-state index in [9.17, 15) is 4.79 Å². The molecule has 0 aliphatic carbocycles. The zero-order chi connectivity index (χ0) is 16.3. The molecule has 0 radical (unpaired) electrons. The lowest BCUT2D eigenvalue weighted by molar-refractivity contribution is 0.0206. The SMILES string of the molecule is Cc1nc(N[C@H]2CCCN(C(=O)OC(C)(C)C)C2)nnc1Cl. The monoisotopic (exact) mass is 327 g/mol. The van der Waals surface area contributed by atoms with Crippen LogP contribution in [-0.4, -0.2) is 50.9 Å². The van der Waals surface area contributed by atoms with Crippen LogP contribution in [0.5, 0.6) is 0 Å². The average Bonchev–Trinajstić information content (AvgIpc) is 2.41. The molecule has 1 saturated heterocycles. The molecule has 1 amide bonds. The van der Waals surface area contributed by atoms with Crippen LogP contribution in [0.4, 0.5) is 10.7 Å². The van der Waals surface area contributed by atoms with E-state index in [1.807, 2.05) is 20.8 Å². The summed E-state index contributed by atoms with van der Waals surface area (Å²) in [4.78, 5) is 18.1. The van der Waals surface area contributed by atoms with Gasteiger partial charge in [-0.3, -0.25) is 0 Å². The number of carbonyl (C=O) groups is 1. The summed E-state index contributed by atoms with van der Waals surface area (Å²) in [6.45, 7) is 8.61. The van der Waals surface area contributed by atoms with Crippen LogP contribution >= 0.6 is 11.6 Å². The predicted octanol–water partition coefficient (Wildman–Crippen LogP) is 2.64. The van der Waals surface area contributed by atoms with Gasteiger partial charge in [-0.2, -0.15) is 0 Å². The second-order valence-electron chi connectivity index (χ2n) is 6.42. The number of nitrogens with zero attached hydrogens (tertiary/aromatic N) is 4. The summed E-state index contributed by atoms with van der Waals surface area (Å²) in [6, 6.07) is 0.0728. The summed E-state index contributed by atoms with van der Waals surface area (Å²) in [6.07, 6.45) is 1.55. The molecular formula is C14H22ClN5O2. The van der Waals surface area contributed by atoms with Crippen molar-refractivity contribution in [1.29, 1.82) is 0 Å². The molecule has 2 heterocycles. The highest BCUT2D eigenvalue weighted by Crippen LogP contribution is 2.18. The number of hydrogen-bond acceptors (Lipinski definition) is 6. The summed E-state index contributed by atoms with van der Waals surface area (Å²) in [5.41, 5.74) is 0.136. The van der Waals surface area contributed by atoms with Crippen LogP contribution in [0.25, 0.3) is 0 Å². The van der Waals surface area contributed by atoms with Gasteiger partial charge >= 0.3 is 6.09 Å². The van der Waals surface area contributed by atoms with E-state index < -0.39 is 5.60 Å². The number of anilines is 1. The van der Waals surface area contributed by atoms with Gasteiger partial charge in [-0.25, -0.2) is 9.78 Å². The van der Waals surface area contributed by atoms with E-state index in [0.717, 1.165) is 12.8 Å². The summed E-state index contributed by atoms with van der Waals surface area (Å²) in [5.74, 6) is 0.429. The van der Waals surface area contributed by atoms with E-state index in [2.05, 4.69) is 20.5 Å². The first-order valence-electron chi connectivity index (χ1n) is 7.36. The summed E-state index contributed by atoms with van der Waals surface area (Å²) in [7, 11) is 0. The summed E-state index contributed by atoms with van der Waals surface area (Å²) >= 11 is 5.82. The number of ether oxygens (including phenoxy) is 1. The lowest BCUT2D eigenvalue weighted by Crippen LogP contribution is -2.47. The zero-order valence-electron chi connectivity index (χ0n) is 13.4. The molecule has 1 aliphatic rings. The first-order valence-corrected chi connectivity index (χ1v) is 7.73. The Morgan fingerprint density at radius 1 is 1.41 bits per heavy atom. The largest absolute Gasteiger partial charge is 0.444 e. The van der Waals surface area contributed by atoms with Crippen LogP contribution in [0.2, 0.25) is 5.15 Å². The highest BCUT2D eigenvalue weighted by molar-refractivity contribution is 6.29. The van der Waals surface area contributed by atoms with Gasteiger partial charge in [0.1, 0.15) is 5.60 Å². The Hall–Kier alpha value is -1.63. The Morgan fingerprint density at radius 2 is 2.14 bits per heavy atom. The smallest absolute Gasteiger partial charge is 0.410 e. The molecule has 1 atom stereocenters. The Morgan fingerprint density at radius 3 is 2.77 bits per heavy atom. The molecule has 122 valence electrons. The molecule has 0 unspecified atom stereocenters. The van der Waals surface area contributed by atoms with Crippen molar-refractivity contribution in [3.05, 3.63) is 10.8 Å². The van der Waals surface area contributed by atoms with E-state index in [4.69, 9.17) is 16.3 Å². The molecule has 8 heteroatoms. The number of aryl methyl sites for hydroxylation is 1. The van der Waals surface area contributed by atoms with Crippen LogP contribution in [-0.2, 0) is 4.74 Å². The van der Waals surface area contributed by atoms with E-state index in [1.165, 1.54) is 0 Å². The first-order chi connectivity index (χ1) is 10.2. The van der Waals surface area contributed by atoms with Crippen molar-refractivity contribution < 1.29 is 9.53 Å². The maximum Gasteiger partial charge on any atom is 0.410 e. The molecule has 1 N–H and O–H groups in total. The predicted molar refractivity (Wildman–Crippen MR) is 84.0 cm³/mol. The molecule has 1 fully saturated rings. The van der Waals surface area contributed by atoms with E-state index in [1.54, 1.807) is 11.8 Å². The molecule has 22 heavy (non-hydrogen) atoms. The maximum absolute atomic E-state index is 12.1. The second-order valence-corrected chi connectivity index (χ2v) is 6.78. The van der Waals surface area contributed by atoms with Crippen molar-refractivity contribution in [1.82, 2.24) is 20.1 Å². The van der Waals surface area contributed by atoms with Crippen molar-refractivity contribution in [2.75, 3.05) is 18.4 Å². The van der Waals surface area contributed by atoms with Crippen molar-refractivity contribution in [3.63, 3.8) is 0 Å². The summed E-state index contributed by atoms with van der Waals surface area (Å²) in [5, 5.41) is 11.3. The van der Waals surface area contributed by atoms with Crippen LogP contribution in [0.1, 0.15) is 39.3 Å². The van der Waals surface area contributed by atoms with Crippen molar-refractivity contribution >= 4 is 23.6 Å². The third-order valence-corrected chi connectivity index (χ3v) is 3.56. The molecule has 2 rings (SSSR count). The minimum absolute atomic E-state index is 0.0728. The van der Waals surface area contributed by atoms with E-state index in [-0.39, 0.29) is 12.1 Å². The standard InChI is InChI=1S/C14H22ClN5O2/c1-9-11(15)18-19-12(16-9)17-10-6-5-7-20(8-10)13(21)22-14(2,3)4/h10H,5-8H2,1-4H3,(H,16,17,19)/t10-/m0/s1. The number of halogens is 1. The first kappa shape index (κ1) is 16.7. The van der Waals surface area contributed by atoms with Gasteiger partial charge in [0.25, 0.3) is 0 Å². The maximum atomic E-state index is 12.1. The van der Waals surface area contributed by atoms with Gasteiger partial charge in [0, 0.05) is 19.1 Å². The third-order valence-electron chi connectivity index (χ3n) is 3.21. The number of hydrogen-bond donors (Lipinski definition) is 1. The van der Waals surface area contributed by atoms with E-state index >= 15 is 0 Å². The lowest BCUT2D eigenvalue weighted by atomic mass is 10.1. The Balaban J connectivity index is 1.95. The molecule has 1 aromatic rings. The Labute approximate surface area is 135 Å². The molecule has 0 bridgehead atoms. The minimum Gasteiger partial charge on any atom is -0.444 e. The average molecular weight is 328 g/mol. The van der Waals surface area contributed by atoms with Gasteiger partial charge in [-0.15, -0.1) is 10.2 Å². The van der Waals surface area contributed by atoms with Crippen molar-refractivity contribution in [2.24, 2.45) is 0 Å². The van der Waals surface area contributed by atoms with Gasteiger partial charge < -0.3 is 15.0 Å². The Bertz CT molecular complexity index is 547. The highest BCUT2D eigenvalue weighted by Gasteiger charge is 2.28. The second kappa shape index (κ2) is 6.64. The number of rotatable bonds is 2. The Kier molecular flexibility index (Phi) is 5.05. The number of nitrogens with one attached hydrogen (secondary N) is 1. The van der Waals surface area contributed by atoms with Gasteiger partial charge in [-0.05, 0) is 40.5 Å². The van der Waals surface area contributed by atoms with Crippen molar-refractivity contribution in [2.45, 2.75) is 52.2 Å². The number of piperidine rings is 1. The molecule has 1 aromatic heterocycles. The number of aromatic nitrogens is 3. The molecule has 7 nitrogen and oxygen atoms in total. The van der Waals surface area contributed by atoms with Gasteiger partial charge in [0.05, 0.1) is 5.69 Å². The lowest BCUT2D eigenvalue weighted by Gasteiger charge is -2.34. The molecule has 0 aromatic carbocycles. The number of carbonyl (C=O) groups excluding carboxylic acids is 1.